The first kappa shape index (κ1) is 13.2. The van der Waals surface area contributed by atoms with Crippen LogP contribution in [-0.4, -0.2) is 28.0 Å². The highest BCUT2D eigenvalue weighted by atomic mass is 32.1. The van der Waals surface area contributed by atoms with E-state index in [4.69, 9.17) is 18.0 Å². The number of fused-ring (bicyclic) bond motifs is 1. The summed E-state index contributed by atoms with van der Waals surface area (Å²) in [5, 5.41) is 0. The molecule has 1 atom stereocenters. The summed E-state index contributed by atoms with van der Waals surface area (Å²) in [4.78, 5) is 11.6. The van der Waals surface area contributed by atoms with E-state index < -0.39 is 0 Å². The van der Waals surface area contributed by atoms with E-state index in [1.165, 1.54) is 24.1 Å². The van der Waals surface area contributed by atoms with Gasteiger partial charge in [0.05, 0.1) is 4.99 Å². The molecule has 1 aromatic rings. The Balaban J connectivity index is 2.24. The first-order chi connectivity index (χ1) is 8.59. The average molecular weight is 264 g/mol. The molecule has 0 radical (unpaired) electrons. The Morgan fingerprint density at radius 3 is 2.89 bits per heavy atom. The van der Waals surface area contributed by atoms with E-state index in [9.17, 15) is 0 Å². The first-order valence-corrected chi connectivity index (χ1v) is 6.84. The Morgan fingerprint density at radius 1 is 1.44 bits per heavy atom. The molecule has 0 spiro atoms. The fourth-order valence-corrected chi connectivity index (χ4v) is 2.69. The molecule has 2 N–H and O–H groups in total. The van der Waals surface area contributed by atoms with E-state index in [-0.39, 0.29) is 6.04 Å². The zero-order chi connectivity index (χ0) is 13.1. The molecule has 0 saturated carbocycles. The standard InChI is InChI=1S/C13H20N4S/c1-9(7-12(14)18)17(2)13-10-5-3-4-6-11(10)15-8-16-13/h8-9H,3-7H2,1-2H3,(H2,14,18). The lowest BCUT2D eigenvalue weighted by Gasteiger charge is -2.29. The quantitative estimate of drug-likeness (QED) is 0.841. The van der Waals surface area contributed by atoms with E-state index >= 15 is 0 Å². The maximum Gasteiger partial charge on any atom is 0.135 e. The lowest BCUT2D eigenvalue weighted by molar-refractivity contribution is 0.643. The lowest BCUT2D eigenvalue weighted by Crippen LogP contribution is -2.34. The molecule has 0 bridgehead atoms. The summed E-state index contributed by atoms with van der Waals surface area (Å²) in [6, 6.07) is 0.267. The number of nitrogens with zero attached hydrogens (tertiary/aromatic N) is 3. The van der Waals surface area contributed by atoms with Gasteiger partial charge in [-0.1, -0.05) is 12.2 Å². The lowest BCUT2D eigenvalue weighted by atomic mass is 9.96. The minimum Gasteiger partial charge on any atom is -0.393 e. The molecule has 1 aliphatic carbocycles. The van der Waals surface area contributed by atoms with Crippen LogP contribution in [0.2, 0.25) is 0 Å². The van der Waals surface area contributed by atoms with Gasteiger partial charge < -0.3 is 10.6 Å². The van der Waals surface area contributed by atoms with E-state index in [0.29, 0.717) is 11.4 Å². The normalized spacial score (nSPS) is 15.9. The van der Waals surface area contributed by atoms with Crippen LogP contribution >= 0.6 is 12.2 Å². The molecule has 1 aromatic heterocycles. The van der Waals surface area contributed by atoms with Gasteiger partial charge in [0.15, 0.2) is 0 Å². The van der Waals surface area contributed by atoms with Crippen LogP contribution in [0.25, 0.3) is 0 Å². The first-order valence-electron chi connectivity index (χ1n) is 6.43. The summed E-state index contributed by atoms with van der Waals surface area (Å²) in [6.45, 7) is 2.12. The minimum atomic E-state index is 0.267. The van der Waals surface area contributed by atoms with Gasteiger partial charge in [0.2, 0.25) is 0 Å². The molecule has 98 valence electrons. The Bertz CT molecular complexity index is 447. The highest BCUT2D eigenvalue weighted by Gasteiger charge is 2.20. The van der Waals surface area contributed by atoms with Crippen LogP contribution in [-0.2, 0) is 12.8 Å². The number of aromatic nitrogens is 2. The van der Waals surface area contributed by atoms with Crippen LogP contribution in [0.15, 0.2) is 6.33 Å². The van der Waals surface area contributed by atoms with Crippen LogP contribution in [0.5, 0.6) is 0 Å². The SMILES string of the molecule is CC(CC(N)=S)N(C)c1ncnc2c1CCCC2. The van der Waals surface area contributed by atoms with Gasteiger partial charge >= 0.3 is 0 Å². The van der Waals surface area contributed by atoms with Crippen molar-refractivity contribution in [2.75, 3.05) is 11.9 Å². The smallest absolute Gasteiger partial charge is 0.135 e. The monoisotopic (exact) mass is 264 g/mol. The second-order valence-electron chi connectivity index (χ2n) is 4.96. The van der Waals surface area contributed by atoms with Crippen molar-refractivity contribution in [2.45, 2.75) is 45.1 Å². The molecular formula is C13H20N4S. The van der Waals surface area contributed by atoms with Gasteiger partial charge in [-0.2, -0.15) is 0 Å². The van der Waals surface area contributed by atoms with Crippen molar-refractivity contribution in [1.82, 2.24) is 9.97 Å². The molecule has 0 amide bonds. The molecule has 0 fully saturated rings. The Morgan fingerprint density at radius 2 is 2.17 bits per heavy atom. The number of aryl methyl sites for hydroxylation is 1. The third-order valence-electron chi connectivity index (χ3n) is 3.59. The van der Waals surface area contributed by atoms with E-state index in [1.54, 1.807) is 6.33 Å². The van der Waals surface area contributed by atoms with Gasteiger partial charge in [-0.15, -0.1) is 0 Å². The van der Waals surface area contributed by atoms with Gasteiger partial charge in [-0.25, -0.2) is 9.97 Å². The van der Waals surface area contributed by atoms with Crippen molar-refractivity contribution < 1.29 is 0 Å². The summed E-state index contributed by atoms with van der Waals surface area (Å²) in [6.07, 6.45) is 6.99. The third-order valence-corrected chi connectivity index (χ3v) is 3.76. The summed E-state index contributed by atoms with van der Waals surface area (Å²) in [5.41, 5.74) is 8.13. The van der Waals surface area contributed by atoms with Crippen LogP contribution < -0.4 is 10.6 Å². The van der Waals surface area contributed by atoms with Crippen molar-refractivity contribution in [3.63, 3.8) is 0 Å². The Hall–Kier alpha value is -1.23. The average Bonchev–Trinajstić information content (AvgIpc) is 2.36. The molecule has 2 rings (SSSR count). The summed E-state index contributed by atoms with van der Waals surface area (Å²) in [7, 11) is 2.06. The second kappa shape index (κ2) is 5.61. The predicted octanol–water partition coefficient (Wildman–Crippen LogP) is 1.86. The van der Waals surface area contributed by atoms with E-state index in [0.717, 1.165) is 18.7 Å². The number of thiocarbonyl (C=S) groups is 1. The highest BCUT2D eigenvalue weighted by Crippen LogP contribution is 2.27. The van der Waals surface area contributed by atoms with Crippen molar-refractivity contribution >= 4 is 23.0 Å². The van der Waals surface area contributed by atoms with E-state index in [2.05, 4.69) is 28.8 Å². The van der Waals surface area contributed by atoms with Crippen LogP contribution in [0.3, 0.4) is 0 Å². The van der Waals surface area contributed by atoms with E-state index in [1.807, 2.05) is 0 Å². The molecule has 5 heteroatoms. The molecule has 0 aromatic carbocycles. The van der Waals surface area contributed by atoms with Crippen LogP contribution in [0.4, 0.5) is 5.82 Å². The molecule has 18 heavy (non-hydrogen) atoms. The van der Waals surface area contributed by atoms with Crippen molar-refractivity contribution in [3.05, 3.63) is 17.6 Å². The molecule has 1 unspecified atom stereocenters. The maximum atomic E-state index is 5.62. The number of hydrogen-bond acceptors (Lipinski definition) is 4. The molecule has 1 aliphatic rings. The van der Waals surface area contributed by atoms with Gasteiger partial charge in [0, 0.05) is 30.8 Å². The second-order valence-corrected chi connectivity index (χ2v) is 5.48. The van der Waals surface area contributed by atoms with Crippen molar-refractivity contribution in [1.29, 1.82) is 0 Å². The highest BCUT2D eigenvalue weighted by molar-refractivity contribution is 7.80. The third kappa shape index (κ3) is 2.77. The van der Waals surface area contributed by atoms with Crippen molar-refractivity contribution in [3.8, 4) is 0 Å². The maximum absolute atomic E-state index is 5.62. The number of nitrogens with two attached hydrogens (primary N) is 1. The Labute approximate surface area is 114 Å². The van der Waals surface area contributed by atoms with Gasteiger partial charge in [0.25, 0.3) is 0 Å². The van der Waals surface area contributed by atoms with Gasteiger partial charge in [-0.05, 0) is 32.6 Å². The van der Waals surface area contributed by atoms with Gasteiger partial charge in [0.1, 0.15) is 12.1 Å². The summed E-state index contributed by atoms with van der Waals surface area (Å²) < 4.78 is 0. The van der Waals surface area contributed by atoms with Crippen LogP contribution in [0, 0.1) is 0 Å². The predicted molar refractivity (Wildman–Crippen MR) is 77.9 cm³/mol. The number of rotatable bonds is 4. The zero-order valence-corrected chi connectivity index (χ0v) is 11.8. The zero-order valence-electron chi connectivity index (χ0n) is 11.0. The van der Waals surface area contributed by atoms with Crippen LogP contribution in [0.1, 0.15) is 37.4 Å². The summed E-state index contributed by atoms with van der Waals surface area (Å²) >= 11 is 4.98. The minimum absolute atomic E-state index is 0.267. The fraction of sp³-hybridized carbons (Fsp3) is 0.615. The molecule has 0 saturated heterocycles. The number of anilines is 1. The molecular weight excluding hydrogens is 244 g/mol. The molecule has 1 heterocycles. The Kier molecular flexibility index (Phi) is 4.11. The topological polar surface area (TPSA) is 55.0 Å². The van der Waals surface area contributed by atoms with Crippen molar-refractivity contribution in [2.24, 2.45) is 5.73 Å². The summed E-state index contributed by atoms with van der Waals surface area (Å²) in [5.74, 6) is 1.04. The largest absolute Gasteiger partial charge is 0.393 e. The molecule has 0 aliphatic heterocycles. The molecule has 4 nitrogen and oxygen atoms in total. The number of hydrogen-bond donors (Lipinski definition) is 1. The fourth-order valence-electron chi connectivity index (χ4n) is 2.44. The van der Waals surface area contributed by atoms with Gasteiger partial charge in [-0.3, -0.25) is 0 Å².